The topological polar surface area (TPSA) is 0 Å². The van der Waals surface area contributed by atoms with E-state index in [1.807, 2.05) is 0 Å². The lowest BCUT2D eigenvalue weighted by Crippen LogP contribution is -2.21. The number of hydrogen-bond acceptors (Lipinski definition) is 0. The molecule has 1 aromatic carbocycles. The highest BCUT2D eigenvalue weighted by Gasteiger charge is 2.23. The average molecular weight is 242 g/mol. The highest BCUT2D eigenvalue weighted by atomic mass is 14.3. The highest BCUT2D eigenvalue weighted by Crippen LogP contribution is 2.32. The first-order chi connectivity index (χ1) is 8.23. The molecule has 0 bridgehead atoms. The van der Waals surface area contributed by atoms with E-state index in [1.165, 1.54) is 11.1 Å². The summed E-state index contributed by atoms with van der Waals surface area (Å²) < 4.78 is 0. The van der Waals surface area contributed by atoms with Crippen molar-refractivity contribution in [3.8, 4) is 0 Å². The summed E-state index contributed by atoms with van der Waals surface area (Å²) in [4.78, 5) is 0. The minimum absolute atomic E-state index is 0.153. The SMILES string of the molecule is CC(C)(C)c1ccccccccc1C(C)(C)C. The Labute approximate surface area is 112 Å². The lowest BCUT2D eigenvalue weighted by Gasteiger charge is -2.29. The van der Waals surface area contributed by atoms with Gasteiger partial charge in [-0.3, -0.25) is 0 Å². The minimum atomic E-state index is 0.153. The van der Waals surface area contributed by atoms with Gasteiger partial charge >= 0.3 is 0 Å². The molecule has 1 rings (SSSR count). The standard InChI is InChI=1S/C18H26/c1-17(2,3)15-13-11-9-7-8-10-12-14-16(15)18(4,5)6/h7-14H,1-6H3. The van der Waals surface area contributed by atoms with Crippen LogP contribution < -0.4 is 0 Å². The molecule has 0 heteroatoms. The molecule has 18 heavy (non-hydrogen) atoms. The van der Waals surface area contributed by atoms with Gasteiger partial charge in [0.05, 0.1) is 0 Å². The molecule has 0 amide bonds. The van der Waals surface area contributed by atoms with Crippen LogP contribution in [0.1, 0.15) is 52.7 Å². The van der Waals surface area contributed by atoms with Crippen LogP contribution in [0, 0.1) is 0 Å². The molecule has 98 valence electrons. The molecule has 0 aliphatic carbocycles. The van der Waals surface area contributed by atoms with Gasteiger partial charge in [0, 0.05) is 0 Å². The molecule has 0 aliphatic heterocycles. The third-order valence-corrected chi connectivity index (χ3v) is 2.99. The van der Waals surface area contributed by atoms with Gasteiger partial charge in [0.1, 0.15) is 0 Å². The first-order valence-corrected chi connectivity index (χ1v) is 6.66. The molecule has 0 spiro atoms. The van der Waals surface area contributed by atoms with E-state index in [0.717, 1.165) is 0 Å². The van der Waals surface area contributed by atoms with Crippen LogP contribution in [0.5, 0.6) is 0 Å². The Morgan fingerprint density at radius 1 is 0.500 bits per heavy atom. The van der Waals surface area contributed by atoms with Gasteiger partial charge < -0.3 is 0 Å². The van der Waals surface area contributed by atoms with Crippen molar-refractivity contribution in [3.05, 3.63) is 59.7 Å². The molecular weight excluding hydrogens is 216 g/mol. The zero-order chi connectivity index (χ0) is 13.8. The molecule has 0 fully saturated rings. The predicted molar refractivity (Wildman–Crippen MR) is 81.5 cm³/mol. The van der Waals surface area contributed by atoms with Crippen LogP contribution in [0.25, 0.3) is 0 Å². The Morgan fingerprint density at radius 3 is 1.06 bits per heavy atom. The molecule has 0 heterocycles. The van der Waals surface area contributed by atoms with Crippen molar-refractivity contribution in [2.24, 2.45) is 0 Å². The fourth-order valence-corrected chi connectivity index (χ4v) is 2.05. The van der Waals surface area contributed by atoms with Crippen molar-refractivity contribution in [2.75, 3.05) is 0 Å². The lowest BCUT2D eigenvalue weighted by molar-refractivity contribution is 0.531. The third-order valence-electron chi connectivity index (χ3n) is 2.99. The number of rotatable bonds is 0. The maximum atomic E-state index is 2.28. The van der Waals surface area contributed by atoms with Crippen molar-refractivity contribution in [1.82, 2.24) is 0 Å². The first-order valence-electron chi connectivity index (χ1n) is 6.66. The molecule has 0 aliphatic rings. The van der Waals surface area contributed by atoms with Gasteiger partial charge in [0.25, 0.3) is 0 Å². The maximum absolute atomic E-state index is 2.28. The Kier molecular flexibility index (Phi) is 4.56. The molecule has 0 N–H and O–H groups in total. The summed E-state index contributed by atoms with van der Waals surface area (Å²) in [6, 6.07) is 17.1. The van der Waals surface area contributed by atoms with Gasteiger partial charge in [-0.15, -0.1) is 0 Å². The van der Waals surface area contributed by atoms with Gasteiger partial charge in [-0.05, 0) is 22.0 Å². The fourth-order valence-electron chi connectivity index (χ4n) is 2.05. The summed E-state index contributed by atoms with van der Waals surface area (Å²) in [5, 5.41) is 0. The van der Waals surface area contributed by atoms with Crippen molar-refractivity contribution in [2.45, 2.75) is 52.4 Å². The smallest absolute Gasteiger partial charge is 0.0129 e. The van der Waals surface area contributed by atoms with Crippen LogP contribution in [-0.2, 0) is 10.8 Å². The van der Waals surface area contributed by atoms with Crippen molar-refractivity contribution in [3.63, 3.8) is 0 Å². The molecule has 0 saturated carbocycles. The highest BCUT2D eigenvalue weighted by molar-refractivity contribution is 5.35. The van der Waals surface area contributed by atoms with Gasteiger partial charge in [-0.2, -0.15) is 0 Å². The summed E-state index contributed by atoms with van der Waals surface area (Å²) in [5.74, 6) is 0. The van der Waals surface area contributed by atoms with Crippen LogP contribution in [0.4, 0.5) is 0 Å². The van der Waals surface area contributed by atoms with Crippen LogP contribution in [0.15, 0.2) is 48.5 Å². The Bertz CT molecular complexity index is 397. The van der Waals surface area contributed by atoms with E-state index in [0.29, 0.717) is 0 Å². The molecule has 1 aromatic rings. The summed E-state index contributed by atoms with van der Waals surface area (Å²) in [5.41, 5.74) is 3.12. The Morgan fingerprint density at radius 2 is 0.778 bits per heavy atom. The zero-order valence-electron chi connectivity index (χ0n) is 12.6. The predicted octanol–water partition coefficient (Wildman–Crippen LogP) is 5.41. The summed E-state index contributed by atoms with van der Waals surface area (Å²) in [7, 11) is 0. The molecule has 0 unspecified atom stereocenters. The van der Waals surface area contributed by atoms with Crippen molar-refractivity contribution in [1.29, 1.82) is 0 Å². The van der Waals surface area contributed by atoms with Crippen LogP contribution in [0.2, 0.25) is 0 Å². The largest absolute Gasteiger partial charge is 0.0623 e. The average Bonchev–Trinajstić information content (AvgIpc) is 2.22. The molecule has 0 aromatic heterocycles. The van der Waals surface area contributed by atoms with Crippen molar-refractivity contribution < 1.29 is 0 Å². The molecule has 0 nitrogen and oxygen atoms in total. The summed E-state index contributed by atoms with van der Waals surface area (Å²) in [6.07, 6.45) is 0. The molecular formula is C18H26. The molecule has 0 radical (unpaired) electrons. The van der Waals surface area contributed by atoms with E-state index < -0.39 is 0 Å². The molecule has 0 atom stereocenters. The van der Waals surface area contributed by atoms with E-state index >= 15 is 0 Å². The summed E-state index contributed by atoms with van der Waals surface area (Å²) >= 11 is 0. The first kappa shape index (κ1) is 14.8. The van der Waals surface area contributed by atoms with E-state index in [9.17, 15) is 0 Å². The van der Waals surface area contributed by atoms with E-state index in [2.05, 4.69) is 90.1 Å². The van der Waals surface area contributed by atoms with Crippen molar-refractivity contribution >= 4 is 0 Å². The minimum Gasteiger partial charge on any atom is -0.0623 e. The lowest BCUT2D eigenvalue weighted by atomic mass is 9.76. The van der Waals surface area contributed by atoms with E-state index in [1.54, 1.807) is 0 Å². The van der Waals surface area contributed by atoms with Gasteiger partial charge in [0.15, 0.2) is 0 Å². The van der Waals surface area contributed by atoms with Crippen LogP contribution in [-0.4, -0.2) is 0 Å². The Balaban J connectivity index is 3.64. The van der Waals surface area contributed by atoms with Gasteiger partial charge in [-0.25, -0.2) is 0 Å². The van der Waals surface area contributed by atoms with E-state index in [4.69, 9.17) is 0 Å². The summed E-state index contributed by atoms with van der Waals surface area (Å²) in [6.45, 7) is 13.7. The second kappa shape index (κ2) is 5.56. The normalized spacial score (nSPS) is 11.9. The fraction of sp³-hybridized carbons (Fsp3) is 0.444. The second-order valence-electron chi connectivity index (χ2n) is 6.82. The Hall–Kier alpha value is -1.30. The van der Waals surface area contributed by atoms with Crippen LogP contribution >= 0.6 is 0 Å². The zero-order valence-corrected chi connectivity index (χ0v) is 12.6. The van der Waals surface area contributed by atoms with Gasteiger partial charge in [-0.1, -0.05) is 90.1 Å². The van der Waals surface area contributed by atoms with E-state index in [-0.39, 0.29) is 10.8 Å². The quantitative estimate of drug-likeness (QED) is 0.571. The molecule has 0 saturated heterocycles. The third kappa shape index (κ3) is 4.18. The number of hydrogen-bond donors (Lipinski definition) is 0. The van der Waals surface area contributed by atoms with Crippen LogP contribution in [0.3, 0.4) is 0 Å². The monoisotopic (exact) mass is 242 g/mol. The second-order valence-corrected chi connectivity index (χ2v) is 6.82. The van der Waals surface area contributed by atoms with Gasteiger partial charge in [0.2, 0.25) is 0 Å². The maximum Gasteiger partial charge on any atom is -0.0129 e.